The molecule has 0 spiro atoms. The molecule has 1 aromatic carbocycles. The van der Waals surface area contributed by atoms with Crippen LogP contribution in [0.3, 0.4) is 0 Å². The highest BCUT2D eigenvalue weighted by atomic mass is 32.2. The maximum absolute atomic E-state index is 12.3. The second kappa shape index (κ2) is 6.81. The fraction of sp³-hybridized carbons (Fsp3) is 0.267. The summed E-state index contributed by atoms with van der Waals surface area (Å²) in [5, 5.41) is 0. The predicted octanol–water partition coefficient (Wildman–Crippen LogP) is 3.26. The molecule has 0 radical (unpaired) electrons. The highest BCUT2D eigenvalue weighted by Gasteiger charge is 2.31. The molecule has 0 unspecified atom stereocenters. The lowest BCUT2D eigenvalue weighted by molar-refractivity contribution is -0.123. The number of carbonyl (C=O) groups excluding carboxylic acids is 2. The van der Waals surface area contributed by atoms with Crippen molar-refractivity contribution < 1.29 is 9.59 Å². The Hall–Kier alpha value is -1.46. The normalized spacial score (nSPS) is 17.1. The van der Waals surface area contributed by atoms with Gasteiger partial charge in [0.15, 0.2) is 0 Å². The van der Waals surface area contributed by atoms with Gasteiger partial charge in [0.05, 0.1) is 4.91 Å². The molecule has 1 fully saturated rings. The number of thioether (sulfide) groups is 1. The molecule has 0 bridgehead atoms. The van der Waals surface area contributed by atoms with Gasteiger partial charge in [0.2, 0.25) is 0 Å². The average Bonchev–Trinajstić information content (AvgIpc) is 2.67. The fourth-order valence-corrected chi connectivity index (χ4v) is 3.19. The molecule has 0 aromatic heterocycles. The van der Waals surface area contributed by atoms with Gasteiger partial charge in [0.1, 0.15) is 10.1 Å². The molecule has 5 heteroatoms. The minimum atomic E-state index is -0.0626. The van der Waals surface area contributed by atoms with Crippen molar-refractivity contribution >= 4 is 46.1 Å². The summed E-state index contributed by atoms with van der Waals surface area (Å²) in [5.41, 5.74) is 0.983. The van der Waals surface area contributed by atoms with Crippen LogP contribution in [0.5, 0.6) is 0 Å². The summed E-state index contributed by atoms with van der Waals surface area (Å²) in [4.78, 5) is 25.4. The number of benzene rings is 1. The fourth-order valence-electron chi connectivity index (χ4n) is 1.88. The van der Waals surface area contributed by atoms with Crippen LogP contribution in [0.25, 0.3) is 6.08 Å². The molecule has 0 atom stereocenters. The Kier molecular flexibility index (Phi) is 5.09. The van der Waals surface area contributed by atoms with Crippen LogP contribution in [-0.4, -0.2) is 27.5 Å². The monoisotopic (exact) mass is 305 g/mol. The van der Waals surface area contributed by atoms with E-state index in [1.165, 1.54) is 11.8 Å². The van der Waals surface area contributed by atoms with Crippen molar-refractivity contribution in [1.82, 2.24) is 4.90 Å². The molecule has 20 heavy (non-hydrogen) atoms. The smallest absolute Gasteiger partial charge is 0.266 e. The molecule has 1 aliphatic rings. The lowest BCUT2D eigenvalue weighted by Crippen LogP contribution is -2.29. The van der Waals surface area contributed by atoms with E-state index in [9.17, 15) is 9.59 Å². The van der Waals surface area contributed by atoms with Crippen LogP contribution in [-0.2, 0) is 9.59 Å². The second-order valence-corrected chi connectivity index (χ2v) is 6.23. The molecule has 104 valence electrons. The van der Waals surface area contributed by atoms with E-state index in [2.05, 4.69) is 0 Å². The van der Waals surface area contributed by atoms with Crippen LogP contribution >= 0.6 is 24.0 Å². The molecular formula is C15H15NO2S2. The molecule has 1 aromatic rings. The zero-order valence-corrected chi connectivity index (χ0v) is 12.8. The van der Waals surface area contributed by atoms with Gasteiger partial charge in [-0.25, -0.2) is 0 Å². The lowest BCUT2D eigenvalue weighted by atomic mass is 10.2. The Bertz CT molecular complexity index is 566. The zero-order chi connectivity index (χ0) is 14.5. The minimum absolute atomic E-state index is 0.0626. The van der Waals surface area contributed by atoms with E-state index in [-0.39, 0.29) is 11.7 Å². The van der Waals surface area contributed by atoms with E-state index in [0.717, 1.165) is 5.56 Å². The van der Waals surface area contributed by atoms with Gasteiger partial charge in [0, 0.05) is 13.0 Å². The van der Waals surface area contributed by atoms with Gasteiger partial charge in [-0.15, -0.1) is 0 Å². The first-order valence-corrected chi connectivity index (χ1v) is 7.60. The SMILES string of the molecule is CC(=O)CCCN1C(=O)/C(=C/c2ccccc2)SC1=S. The summed E-state index contributed by atoms with van der Waals surface area (Å²) in [5.74, 6) is 0.0719. The molecule has 0 N–H and O–H groups in total. The van der Waals surface area contributed by atoms with Crippen molar-refractivity contribution in [2.45, 2.75) is 19.8 Å². The number of amides is 1. The Morgan fingerprint density at radius 2 is 2.05 bits per heavy atom. The number of hydrogen-bond acceptors (Lipinski definition) is 4. The van der Waals surface area contributed by atoms with Crippen LogP contribution in [0, 0.1) is 0 Å². The maximum Gasteiger partial charge on any atom is 0.266 e. The number of carbonyl (C=O) groups is 2. The van der Waals surface area contributed by atoms with Crippen molar-refractivity contribution in [3.63, 3.8) is 0 Å². The highest BCUT2D eigenvalue weighted by Crippen LogP contribution is 2.32. The number of Topliss-reactive ketones (excluding diaryl/α,β-unsaturated/α-hetero) is 1. The van der Waals surface area contributed by atoms with Crippen LogP contribution in [0.2, 0.25) is 0 Å². The number of rotatable bonds is 5. The summed E-state index contributed by atoms with van der Waals surface area (Å²) < 4.78 is 0.570. The average molecular weight is 305 g/mol. The third-order valence-electron chi connectivity index (χ3n) is 2.88. The van der Waals surface area contributed by atoms with Crippen molar-refractivity contribution in [3.05, 3.63) is 40.8 Å². The molecule has 1 aliphatic heterocycles. The van der Waals surface area contributed by atoms with Gasteiger partial charge < -0.3 is 4.79 Å². The van der Waals surface area contributed by atoms with Crippen molar-refractivity contribution in [1.29, 1.82) is 0 Å². The molecule has 2 rings (SSSR count). The van der Waals surface area contributed by atoms with E-state index in [0.29, 0.717) is 28.6 Å². The number of ketones is 1. The van der Waals surface area contributed by atoms with Gasteiger partial charge in [-0.2, -0.15) is 0 Å². The van der Waals surface area contributed by atoms with E-state index in [1.54, 1.807) is 11.8 Å². The molecule has 3 nitrogen and oxygen atoms in total. The summed E-state index contributed by atoms with van der Waals surface area (Å²) >= 11 is 6.55. The van der Waals surface area contributed by atoms with Crippen LogP contribution in [0.4, 0.5) is 0 Å². The maximum atomic E-state index is 12.3. The number of thiocarbonyl (C=S) groups is 1. The largest absolute Gasteiger partial charge is 0.300 e. The summed E-state index contributed by atoms with van der Waals surface area (Å²) in [6.45, 7) is 2.07. The van der Waals surface area contributed by atoms with Crippen LogP contribution in [0.1, 0.15) is 25.3 Å². The topological polar surface area (TPSA) is 37.4 Å². The third kappa shape index (κ3) is 3.77. The Balaban J connectivity index is 2.05. The number of nitrogens with zero attached hydrogens (tertiary/aromatic N) is 1. The van der Waals surface area contributed by atoms with E-state index >= 15 is 0 Å². The lowest BCUT2D eigenvalue weighted by Gasteiger charge is -2.13. The van der Waals surface area contributed by atoms with Gasteiger partial charge in [-0.1, -0.05) is 54.3 Å². The first-order chi connectivity index (χ1) is 9.58. The quantitative estimate of drug-likeness (QED) is 0.618. The Labute approximate surface area is 128 Å². The molecule has 0 aliphatic carbocycles. The Morgan fingerprint density at radius 1 is 1.35 bits per heavy atom. The summed E-state index contributed by atoms with van der Waals surface area (Å²) in [6, 6.07) is 9.69. The molecule has 1 amide bonds. The standard InChI is InChI=1S/C15H15NO2S2/c1-11(17)6-5-9-16-14(18)13(20-15(16)19)10-12-7-3-2-4-8-12/h2-4,7-8,10H,5-6,9H2,1H3/b13-10-. The minimum Gasteiger partial charge on any atom is -0.300 e. The predicted molar refractivity (Wildman–Crippen MR) is 86.2 cm³/mol. The van der Waals surface area contributed by atoms with E-state index < -0.39 is 0 Å². The first kappa shape index (κ1) is 14.9. The summed E-state index contributed by atoms with van der Waals surface area (Å²) in [7, 11) is 0. The number of hydrogen-bond donors (Lipinski definition) is 0. The zero-order valence-electron chi connectivity index (χ0n) is 11.2. The Morgan fingerprint density at radius 3 is 2.70 bits per heavy atom. The van der Waals surface area contributed by atoms with Crippen molar-refractivity contribution in [2.24, 2.45) is 0 Å². The van der Waals surface area contributed by atoms with Gasteiger partial charge >= 0.3 is 0 Å². The van der Waals surface area contributed by atoms with Crippen molar-refractivity contribution in [3.8, 4) is 0 Å². The molecule has 0 saturated carbocycles. The van der Waals surface area contributed by atoms with E-state index in [1.807, 2.05) is 36.4 Å². The molecular weight excluding hydrogens is 290 g/mol. The highest BCUT2D eigenvalue weighted by molar-refractivity contribution is 8.26. The summed E-state index contributed by atoms with van der Waals surface area (Å²) in [6.07, 6.45) is 2.99. The van der Waals surface area contributed by atoms with Crippen LogP contribution < -0.4 is 0 Å². The van der Waals surface area contributed by atoms with Gasteiger partial charge in [-0.05, 0) is 25.0 Å². The first-order valence-electron chi connectivity index (χ1n) is 6.38. The van der Waals surface area contributed by atoms with Crippen molar-refractivity contribution in [2.75, 3.05) is 6.54 Å². The van der Waals surface area contributed by atoms with E-state index in [4.69, 9.17) is 12.2 Å². The van der Waals surface area contributed by atoms with Crippen LogP contribution in [0.15, 0.2) is 35.2 Å². The third-order valence-corrected chi connectivity index (χ3v) is 4.26. The molecule has 1 saturated heterocycles. The second-order valence-electron chi connectivity index (χ2n) is 4.55. The van der Waals surface area contributed by atoms with Gasteiger partial charge in [-0.3, -0.25) is 9.69 Å². The van der Waals surface area contributed by atoms with Gasteiger partial charge in [0.25, 0.3) is 5.91 Å². The molecule has 1 heterocycles.